The first kappa shape index (κ1) is 27.6. The molecule has 0 rings (SSSR count). The van der Waals surface area contributed by atoms with Crippen molar-refractivity contribution in [3.05, 3.63) is 11.5 Å². The zero-order chi connectivity index (χ0) is 20.8. The van der Waals surface area contributed by atoms with Crippen LogP contribution in [0.15, 0.2) is 11.5 Å². The minimum Gasteiger partial charge on any atom is -0.282 e. The third-order valence-corrected chi connectivity index (χ3v) is 6.03. The maximum absolute atomic E-state index is 10.5. The van der Waals surface area contributed by atoms with Gasteiger partial charge in [0.2, 0.25) is 0 Å². The summed E-state index contributed by atoms with van der Waals surface area (Å²) in [5.74, 6) is 0. The van der Waals surface area contributed by atoms with E-state index in [4.69, 9.17) is 4.55 Å². The summed E-state index contributed by atoms with van der Waals surface area (Å²) in [6, 6.07) is 0. The molecular weight excluding hydrogens is 368 g/mol. The van der Waals surface area contributed by atoms with Crippen LogP contribution < -0.4 is 0 Å². The SMILES string of the molecule is CCCCCCCCCCCCCCCCCCCCCCC=CS(=O)(=O)O. The summed E-state index contributed by atoms with van der Waals surface area (Å²) in [4.78, 5) is 0. The normalized spacial score (nSPS) is 12.2. The predicted molar refractivity (Wildman–Crippen MR) is 123 cm³/mol. The molecule has 0 heterocycles. The van der Waals surface area contributed by atoms with Crippen LogP contribution >= 0.6 is 0 Å². The minimum absolute atomic E-state index is 0.735. The molecule has 3 nitrogen and oxygen atoms in total. The van der Waals surface area contributed by atoms with Gasteiger partial charge in [-0.3, -0.25) is 4.55 Å². The minimum atomic E-state index is -3.93. The Balaban J connectivity index is 3.08. The van der Waals surface area contributed by atoms with Crippen LogP contribution in [0, 0.1) is 0 Å². The molecule has 0 aliphatic heterocycles. The van der Waals surface area contributed by atoms with Gasteiger partial charge in [-0.25, -0.2) is 0 Å². The third-order valence-electron chi connectivity index (χ3n) is 5.49. The molecular formula is C24H48O3S. The van der Waals surface area contributed by atoms with Crippen molar-refractivity contribution in [3.8, 4) is 0 Å². The van der Waals surface area contributed by atoms with E-state index in [0.29, 0.717) is 0 Å². The highest BCUT2D eigenvalue weighted by molar-refractivity contribution is 7.88. The molecule has 0 bridgehead atoms. The Morgan fingerprint density at radius 2 is 0.821 bits per heavy atom. The maximum atomic E-state index is 10.5. The summed E-state index contributed by atoms with van der Waals surface area (Å²) >= 11 is 0. The second kappa shape index (κ2) is 21.4. The van der Waals surface area contributed by atoms with Gasteiger partial charge in [0.15, 0.2) is 0 Å². The largest absolute Gasteiger partial charge is 0.287 e. The predicted octanol–water partition coefficient (Wildman–Crippen LogP) is 8.60. The van der Waals surface area contributed by atoms with Gasteiger partial charge in [-0.15, -0.1) is 0 Å². The van der Waals surface area contributed by atoms with Crippen LogP contribution in [-0.2, 0) is 10.1 Å². The van der Waals surface area contributed by atoms with Gasteiger partial charge < -0.3 is 0 Å². The van der Waals surface area contributed by atoms with Crippen molar-refractivity contribution in [1.82, 2.24) is 0 Å². The Morgan fingerprint density at radius 1 is 0.536 bits per heavy atom. The monoisotopic (exact) mass is 416 g/mol. The lowest BCUT2D eigenvalue weighted by atomic mass is 10.0. The summed E-state index contributed by atoms with van der Waals surface area (Å²) in [7, 11) is -3.93. The van der Waals surface area contributed by atoms with Crippen molar-refractivity contribution in [2.75, 3.05) is 0 Å². The maximum Gasteiger partial charge on any atom is 0.287 e. The standard InChI is InChI=1S/C24H48O3S/c1-2-3-4-5-6-7-8-9-10-11-12-13-14-15-16-17-18-19-20-21-22-23-24-28(25,26)27/h23-24H,2-22H2,1H3,(H,25,26,27). The number of allylic oxidation sites excluding steroid dienone is 1. The highest BCUT2D eigenvalue weighted by Crippen LogP contribution is 2.15. The molecule has 0 atom stereocenters. The molecule has 0 aromatic carbocycles. The van der Waals surface area contributed by atoms with Crippen molar-refractivity contribution in [3.63, 3.8) is 0 Å². The topological polar surface area (TPSA) is 54.4 Å². The molecule has 0 radical (unpaired) electrons. The fraction of sp³-hybridized carbons (Fsp3) is 0.917. The fourth-order valence-electron chi connectivity index (χ4n) is 3.71. The lowest BCUT2D eigenvalue weighted by Gasteiger charge is -2.04. The summed E-state index contributed by atoms with van der Waals surface area (Å²) in [5.41, 5.74) is 0. The van der Waals surface area contributed by atoms with Crippen LogP contribution in [0.4, 0.5) is 0 Å². The van der Waals surface area contributed by atoms with Crippen molar-refractivity contribution >= 4 is 10.1 Å². The fourth-order valence-corrected chi connectivity index (χ4v) is 4.09. The lowest BCUT2D eigenvalue weighted by molar-refractivity contribution is 0.494. The van der Waals surface area contributed by atoms with Crippen LogP contribution in [-0.4, -0.2) is 13.0 Å². The molecule has 0 saturated heterocycles. The molecule has 0 unspecified atom stereocenters. The second-order valence-corrected chi connectivity index (χ2v) is 9.70. The summed E-state index contributed by atoms with van der Waals surface area (Å²) in [6.45, 7) is 2.28. The molecule has 0 fully saturated rings. The van der Waals surface area contributed by atoms with E-state index >= 15 is 0 Å². The Bertz CT molecular complexity index is 429. The molecule has 0 spiro atoms. The second-order valence-electron chi connectivity index (χ2n) is 8.39. The van der Waals surface area contributed by atoms with Crippen molar-refractivity contribution in [1.29, 1.82) is 0 Å². The van der Waals surface area contributed by atoms with Crippen LogP contribution in [0.25, 0.3) is 0 Å². The highest BCUT2D eigenvalue weighted by atomic mass is 32.2. The van der Waals surface area contributed by atoms with Crippen LogP contribution in [0.2, 0.25) is 0 Å². The first-order valence-electron chi connectivity index (χ1n) is 12.2. The van der Waals surface area contributed by atoms with E-state index in [1.807, 2.05) is 0 Å². The molecule has 0 saturated carbocycles. The number of hydrogen-bond acceptors (Lipinski definition) is 2. The molecule has 4 heteroatoms. The van der Waals surface area contributed by atoms with Gasteiger partial charge in [0, 0.05) is 0 Å². The van der Waals surface area contributed by atoms with Gasteiger partial charge in [-0.2, -0.15) is 8.42 Å². The third kappa shape index (κ3) is 25.6. The van der Waals surface area contributed by atoms with Crippen molar-refractivity contribution < 1.29 is 13.0 Å². The molecule has 0 aliphatic carbocycles. The average molecular weight is 417 g/mol. The van der Waals surface area contributed by atoms with E-state index in [1.165, 1.54) is 116 Å². The van der Waals surface area contributed by atoms with Gasteiger partial charge in [0.1, 0.15) is 0 Å². The van der Waals surface area contributed by atoms with Gasteiger partial charge in [-0.1, -0.05) is 135 Å². The molecule has 0 amide bonds. The molecule has 168 valence electrons. The van der Waals surface area contributed by atoms with Crippen LogP contribution in [0.1, 0.15) is 142 Å². The van der Waals surface area contributed by atoms with Crippen molar-refractivity contribution in [2.45, 2.75) is 142 Å². The summed E-state index contributed by atoms with van der Waals surface area (Å²) in [5, 5.41) is 0.891. The molecule has 0 aliphatic rings. The van der Waals surface area contributed by atoms with E-state index in [-0.39, 0.29) is 0 Å². The molecule has 0 aromatic heterocycles. The van der Waals surface area contributed by atoms with E-state index in [2.05, 4.69) is 6.92 Å². The van der Waals surface area contributed by atoms with Crippen LogP contribution in [0.3, 0.4) is 0 Å². The Hall–Kier alpha value is -0.350. The highest BCUT2D eigenvalue weighted by Gasteiger charge is 1.96. The van der Waals surface area contributed by atoms with Gasteiger partial charge in [-0.05, 0) is 12.8 Å². The zero-order valence-corrected chi connectivity index (χ0v) is 19.5. The smallest absolute Gasteiger partial charge is 0.282 e. The summed E-state index contributed by atoms with van der Waals surface area (Å²) < 4.78 is 29.6. The summed E-state index contributed by atoms with van der Waals surface area (Å²) in [6.07, 6.45) is 29.6. The van der Waals surface area contributed by atoms with Gasteiger partial charge in [0.05, 0.1) is 5.41 Å². The lowest BCUT2D eigenvalue weighted by Crippen LogP contribution is -1.89. The number of hydrogen-bond donors (Lipinski definition) is 1. The number of unbranched alkanes of at least 4 members (excludes halogenated alkanes) is 20. The van der Waals surface area contributed by atoms with E-state index in [9.17, 15) is 8.42 Å². The van der Waals surface area contributed by atoms with Gasteiger partial charge in [0.25, 0.3) is 10.1 Å². The average Bonchev–Trinajstić information content (AvgIpc) is 2.65. The Morgan fingerprint density at radius 3 is 1.11 bits per heavy atom. The molecule has 1 N–H and O–H groups in total. The van der Waals surface area contributed by atoms with Crippen LogP contribution in [0.5, 0.6) is 0 Å². The Labute approximate surface area is 176 Å². The van der Waals surface area contributed by atoms with Crippen molar-refractivity contribution in [2.24, 2.45) is 0 Å². The first-order valence-corrected chi connectivity index (χ1v) is 13.7. The first-order chi connectivity index (χ1) is 13.6. The van der Waals surface area contributed by atoms with E-state index in [0.717, 1.165) is 24.7 Å². The van der Waals surface area contributed by atoms with E-state index in [1.54, 1.807) is 6.08 Å². The quantitative estimate of drug-likeness (QED) is 0.142. The molecule has 28 heavy (non-hydrogen) atoms. The van der Waals surface area contributed by atoms with E-state index < -0.39 is 10.1 Å². The van der Waals surface area contributed by atoms with Gasteiger partial charge >= 0.3 is 0 Å². The number of rotatable bonds is 22. The molecule has 0 aromatic rings. The Kier molecular flexibility index (Phi) is 21.1. The zero-order valence-electron chi connectivity index (χ0n) is 18.7.